The molecule has 2 atom stereocenters. The number of hydrogen-bond donors (Lipinski definition) is 2. The highest BCUT2D eigenvalue weighted by molar-refractivity contribution is 5.67. The van der Waals surface area contributed by atoms with Gasteiger partial charge >= 0.3 is 6.09 Å². The molecule has 1 aromatic carbocycles. The Morgan fingerprint density at radius 1 is 1.12 bits per heavy atom. The van der Waals surface area contributed by atoms with Gasteiger partial charge in [-0.05, 0) is 49.6 Å². The van der Waals surface area contributed by atoms with E-state index >= 15 is 0 Å². The van der Waals surface area contributed by atoms with Gasteiger partial charge in [0.25, 0.3) is 0 Å². The van der Waals surface area contributed by atoms with Gasteiger partial charge < -0.3 is 15.4 Å². The summed E-state index contributed by atoms with van der Waals surface area (Å²) in [6, 6.07) is 10.6. The molecule has 0 heterocycles. The second kappa shape index (κ2) is 8.52. The van der Waals surface area contributed by atoms with Crippen LogP contribution in [-0.2, 0) is 11.3 Å². The maximum Gasteiger partial charge on any atom is 0.407 e. The number of hydrogen-bond acceptors (Lipinski definition) is 3. The third-order valence-corrected chi connectivity index (χ3v) is 5.41. The smallest absolute Gasteiger partial charge is 0.407 e. The molecule has 2 saturated carbocycles. The van der Waals surface area contributed by atoms with Gasteiger partial charge in [0.05, 0.1) is 0 Å². The molecule has 0 bridgehead atoms. The number of nitrogens with one attached hydrogen (secondary N) is 2. The van der Waals surface area contributed by atoms with Crippen molar-refractivity contribution < 1.29 is 9.53 Å². The minimum absolute atomic E-state index is 0.260. The number of alkyl carbamates (subject to hydrolysis) is 1. The van der Waals surface area contributed by atoms with Crippen LogP contribution in [0.1, 0.15) is 51.0 Å². The summed E-state index contributed by atoms with van der Waals surface area (Å²) < 4.78 is 5.27. The summed E-state index contributed by atoms with van der Waals surface area (Å²) in [6.45, 7) is 3.84. The molecule has 0 aromatic heterocycles. The SMILES string of the molecule is CC1CCCC(CNC2CC(NC(=O)OCc3ccccc3)C2)C1. The van der Waals surface area contributed by atoms with Crippen molar-refractivity contribution >= 4 is 6.09 Å². The van der Waals surface area contributed by atoms with Gasteiger partial charge in [-0.25, -0.2) is 4.79 Å². The van der Waals surface area contributed by atoms with Crippen molar-refractivity contribution in [3.8, 4) is 0 Å². The molecule has 1 amide bonds. The maximum atomic E-state index is 11.8. The summed E-state index contributed by atoms with van der Waals surface area (Å²) in [6.07, 6.45) is 7.26. The van der Waals surface area contributed by atoms with E-state index in [9.17, 15) is 4.79 Å². The van der Waals surface area contributed by atoms with E-state index in [-0.39, 0.29) is 12.1 Å². The van der Waals surface area contributed by atoms with E-state index in [2.05, 4.69) is 17.6 Å². The van der Waals surface area contributed by atoms with E-state index in [1.54, 1.807) is 0 Å². The van der Waals surface area contributed by atoms with Crippen molar-refractivity contribution in [3.05, 3.63) is 35.9 Å². The van der Waals surface area contributed by atoms with Crippen LogP contribution in [-0.4, -0.2) is 24.7 Å². The molecule has 2 aliphatic rings. The zero-order valence-corrected chi connectivity index (χ0v) is 14.7. The Labute approximate surface area is 145 Å². The van der Waals surface area contributed by atoms with E-state index in [1.807, 2.05) is 30.3 Å². The Kier molecular flexibility index (Phi) is 6.13. The average Bonchev–Trinajstić information content (AvgIpc) is 2.56. The maximum absolute atomic E-state index is 11.8. The highest BCUT2D eigenvalue weighted by atomic mass is 16.5. The molecule has 0 aliphatic heterocycles. The predicted octanol–water partition coefficient (Wildman–Crippen LogP) is 3.86. The first-order valence-electron chi connectivity index (χ1n) is 9.39. The minimum Gasteiger partial charge on any atom is -0.445 e. The monoisotopic (exact) mass is 330 g/mol. The molecule has 4 nitrogen and oxygen atoms in total. The summed E-state index contributed by atoms with van der Waals surface area (Å²) in [7, 11) is 0. The molecule has 2 unspecified atom stereocenters. The second-order valence-corrected chi connectivity index (χ2v) is 7.62. The number of rotatable bonds is 6. The quantitative estimate of drug-likeness (QED) is 0.833. The van der Waals surface area contributed by atoms with Crippen molar-refractivity contribution in [3.63, 3.8) is 0 Å². The van der Waals surface area contributed by atoms with E-state index in [4.69, 9.17) is 4.74 Å². The van der Waals surface area contributed by atoms with Crippen LogP contribution in [0.3, 0.4) is 0 Å². The van der Waals surface area contributed by atoms with E-state index in [0.717, 1.165) is 36.8 Å². The van der Waals surface area contributed by atoms with Crippen molar-refractivity contribution in [2.45, 2.75) is 64.1 Å². The fourth-order valence-electron chi connectivity index (χ4n) is 3.91. The Morgan fingerprint density at radius 2 is 1.92 bits per heavy atom. The lowest BCUT2D eigenvalue weighted by Crippen LogP contribution is -2.53. The molecule has 0 spiro atoms. The molecule has 4 heteroatoms. The number of ether oxygens (including phenoxy) is 1. The number of carbonyl (C=O) groups excluding carboxylic acids is 1. The van der Waals surface area contributed by atoms with Crippen molar-refractivity contribution in [1.82, 2.24) is 10.6 Å². The highest BCUT2D eigenvalue weighted by Crippen LogP contribution is 2.29. The van der Waals surface area contributed by atoms with Gasteiger partial charge in [0.2, 0.25) is 0 Å². The summed E-state index contributed by atoms with van der Waals surface area (Å²) in [5, 5.41) is 6.64. The van der Waals surface area contributed by atoms with Crippen LogP contribution in [0.5, 0.6) is 0 Å². The molecule has 2 N–H and O–H groups in total. The summed E-state index contributed by atoms with van der Waals surface area (Å²) >= 11 is 0. The molecule has 2 fully saturated rings. The standard InChI is InChI=1S/C20H30N2O2/c1-15-6-5-9-17(10-15)13-21-18-11-19(12-18)22-20(23)24-14-16-7-3-2-4-8-16/h2-4,7-8,15,17-19,21H,5-6,9-14H2,1H3,(H,22,23). The number of benzene rings is 1. The Morgan fingerprint density at radius 3 is 2.67 bits per heavy atom. The Hall–Kier alpha value is -1.55. The van der Waals surface area contributed by atoms with Gasteiger partial charge in [0.15, 0.2) is 0 Å². The normalized spacial score (nSPS) is 29.5. The lowest BCUT2D eigenvalue weighted by molar-refractivity contribution is 0.124. The Bertz CT molecular complexity index is 514. The topological polar surface area (TPSA) is 50.4 Å². The highest BCUT2D eigenvalue weighted by Gasteiger charge is 2.31. The van der Waals surface area contributed by atoms with Crippen LogP contribution in [0.15, 0.2) is 30.3 Å². The minimum atomic E-state index is -0.302. The van der Waals surface area contributed by atoms with Gasteiger partial charge in [-0.2, -0.15) is 0 Å². The second-order valence-electron chi connectivity index (χ2n) is 7.62. The number of carbonyl (C=O) groups is 1. The molecule has 1 aromatic rings. The van der Waals surface area contributed by atoms with Crippen molar-refractivity contribution in [2.75, 3.05) is 6.54 Å². The summed E-state index contributed by atoms with van der Waals surface area (Å²) in [5.74, 6) is 1.73. The van der Waals surface area contributed by atoms with Crippen LogP contribution in [0.4, 0.5) is 4.79 Å². The lowest BCUT2D eigenvalue weighted by atomic mass is 9.81. The van der Waals surface area contributed by atoms with Crippen LogP contribution >= 0.6 is 0 Å². The molecular weight excluding hydrogens is 300 g/mol. The molecule has 132 valence electrons. The van der Waals surface area contributed by atoms with Crippen molar-refractivity contribution in [2.24, 2.45) is 11.8 Å². The first-order valence-corrected chi connectivity index (χ1v) is 9.39. The van der Waals surface area contributed by atoms with E-state index < -0.39 is 0 Å². The Balaban J connectivity index is 1.26. The predicted molar refractivity (Wildman–Crippen MR) is 95.7 cm³/mol. The first kappa shape index (κ1) is 17.3. The average molecular weight is 330 g/mol. The third-order valence-electron chi connectivity index (χ3n) is 5.41. The van der Waals surface area contributed by atoms with Gasteiger partial charge in [-0.3, -0.25) is 0 Å². The fraction of sp³-hybridized carbons (Fsp3) is 0.650. The van der Waals surface area contributed by atoms with Crippen LogP contribution < -0.4 is 10.6 Å². The molecule has 0 radical (unpaired) electrons. The van der Waals surface area contributed by atoms with Gasteiger partial charge in [-0.1, -0.05) is 50.1 Å². The van der Waals surface area contributed by atoms with Gasteiger partial charge in [0.1, 0.15) is 6.61 Å². The third kappa shape index (κ3) is 5.23. The van der Waals surface area contributed by atoms with Gasteiger partial charge in [-0.15, -0.1) is 0 Å². The van der Waals surface area contributed by atoms with Gasteiger partial charge in [0, 0.05) is 12.1 Å². The number of amides is 1. The van der Waals surface area contributed by atoms with Crippen LogP contribution in [0.25, 0.3) is 0 Å². The molecule has 3 rings (SSSR count). The van der Waals surface area contributed by atoms with Crippen LogP contribution in [0.2, 0.25) is 0 Å². The first-order chi connectivity index (χ1) is 11.7. The summed E-state index contributed by atoms with van der Waals surface area (Å²) in [5.41, 5.74) is 1.02. The molecule has 24 heavy (non-hydrogen) atoms. The van der Waals surface area contributed by atoms with Crippen LogP contribution in [0, 0.1) is 11.8 Å². The lowest BCUT2D eigenvalue weighted by Gasteiger charge is -2.37. The molecule has 2 aliphatic carbocycles. The molecule has 0 saturated heterocycles. The van der Waals surface area contributed by atoms with Crippen molar-refractivity contribution in [1.29, 1.82) is 0 Å². The van der Waals surface area contributed by atoms with E-state index in [0.29, 0.717) is 12.6 Å². The summed E-state index contributed by atoms with van der Waals surface area (Å²) in [4.78, 5) is 11.8. The fourth-order valence-corrected chi connectivity index (χ4v) is 3.91. The van der Waals surface area contributed by atoms with E-state index in [1.165, 1.54) is 25.7 Å². The zero-order valence-electron chi connectivity index (χ0n) is 14.7. The molecular formula is C20H30N2O2. The largest absolute Gasteiger partial charge is 0.445 e. The zero-order chi connectivity index (χ0) is 16.8.